The Hall–Kier alpha value is -4.20. The first kappa shape index (κ1) is 20.7. The maximum absolute atomic E-state index is 13.0. The van der Waals surface area contributed by atoms with Crippen molar-refractivity contribution in [2.45, 2.75) is 12.3 Å². The van der Waals surface area contributed by atoms with E-state index < -0.39 is 11.9 Å². The molecule has 8 heteroatoms. The predicted molar refractivity (Wildman–Crippen MR) is 116 cm³/mol. The summed E-state index contributed by atoms with van der Waals surface area (Å²) in [6.45, 7) is 0. The molecular weight excluding hydrogens is 428 g/mol. The van der Waals surface area contributed by atoms with E-state index in [-0.39, 0.29) is 18.0 Å². The number of furan rings is 1. The molecule has 0 unspecified atom stereocenters. The van der Waals surface area contributed by atoms with Gasteiger partial charge in [-0.05, 0) is 30.3 Å². The third-order valence-electron chi connectivity index (χ3n) is 5.71. The molecule has 0 amide bonds. The molecule has 1 atom stereocenters. The van der Waals surface area contributed by atoms with Gasteiger partial charge in [0.25, 0.3) is 0 Å². The Labute approximate surface area is 189 Å². The molecule has 3 aromatic rings. The van der Waals surface area contributed by atoms with Crippen LogP contribution in [-0.4, -0.2) is 33.1 Å². The van der Waals surface area contributed by atoms with Gasteiger partial charge in [-0.25, -0.2) is 0 Å². The molecule has 1 aromatic heterocycles. The average Bonchev–Trinajstić information content (AvgIpc) is 3.45. The second-order valence-electron chi connectivity index (χ2n) is 7.46. The van der Waals surface area contributed by atoms with E-state index in [1.54, 1.807) is 30.3 Å². The summed E-state index contributed by atoms with van der Waals surface area (Å²) >= 11 is 0. The van der Waals surface area contributed by atoms with E-state index in [0.29, 0.717) is 51.2 Å². The number of hydrogen-bond donors (Lipinski definition) is 0. The first-order valence-electron chi connectivity index (χ1n) is 10.2. The fourth-order valence-electron chi connectivity index (χ4n) is 4.27. The molecule has 0 N–H and O–H groups in total. The summed E-state index contributed by atoms with van der Waals surface area (Å²) in [7, 11) is 4.56. The molecule has 0 aliphatic carbocycles. The third kappa shape index (κ3) is 3.31. The number of ketones is 1. The van der Waals surface area contributed by atoms with Crippen LogP contribution >= 0.6 is 0 Å². The van der Waals surface area contributed by atoms with Gasteiger partial charge in [0.15, 0.2) is 17.3 Å². The van der Waals surface area contributed by atoms with Crippen LogP contribution in [0.3, 0.4) is 0 Å². The molecule has 33 heavy (non-hydrogen) atoms. The van der Waals surface area contributed by atoms with Gasteiger partial charge in [-0.3, -0.25) is 9.59 Å². The van der Waals surface area contributed by atoms with E-state index in [4.69, 9.17) is 28.1 Å². The average molecular weight is 448 g/mol. The fourth-order valence-corrected chi connectivity index (χ4v) is 4.27. The molecule has 2 aliphatic heterocycles. The van der Waals surface area contributed by atoms with Gasteiger partial charge in [0, 0.05) is 23.1 Å². The number of methoxy groups -OCH3 is 3. The van der Waals surface area contributed by atoms with Crippen molar-refractivity contribution >= 4 is 17.8 Å². The van der Waals surface area contributed by atoms with Crippen molar-refractivity contribution < 1.29 is 37.7 Å². The highest BCUT2D eigenvalue weighted by molar-refractivity contribution is 6.15. The van der Waals surface area contributed by atoms with Crippen LogP contribution in [0.1, 0.15) is 39.6 Å². The summed E-state index contributed by atoms with van der Waals surface area (Å²) in [4.78, 5) is 25.5. The summed E-state index contributed by atoms with van der Waals surface area (Å²) in [5, 5.41) is 0. The molecule has 2 aromatic carbocycles. The van der Waals surface area contributed by atoms with Gasteiger partial charge in [0.05, 0.1) is 39.6 Å². The summed E-state index contributed by atoms with van der Waals surface area (Å²) in [5.41, 5.74) is 1.66. The largest absolute Gasteiger partial charge is 0.493 e. The predicted octanol–water partition coefficient (Wildman–Crippen LogP) is 4.36. The van der Waals surface area contributed by atoms with Crippen LogP contribution < -0.4 is 23.7 Å². The lowest BCUT2D eigenvalue weighted by Gasteiger charge is -2.28. The maximum atomic E-state index is 13.0. The number of carbonyl (C=O) groups excluding carboxylic acids is 2. The van der Waals surface area contributed by atoms with Crippen molar-refractivity contribution in [2.24, 2.45) is 0 Å². The van der Waals surface area contributed by atoms with E-state index >= 15 is 0 Å². The molecule has 0 fully saturated rings. The van der Waals surface area contributed by atoms with Crippen molar-refractivity contribution in [1.82, 2.24) is 0 Å². The molecule has 0 spiro atoms. The highest BCUT2D eigenvalue weighted by Gasteiger charge is 2.40. The zero-order chi connectivity index (χ0) is 23.1. The van der Waals surface area contributed by atoms with Gasteiger partial charge in [-0.15, -0.1) is 0 Å². The summed E-state index contributed by atoms with van der Waals surface area (Å²) < 4.78 is 33.4. The van der Waals surface area contributed by atoms with Gasteiger partial charge < -0.3 is 28.1 Å². The number of ether oxygens (including phenoxy) is 5. The zero-order valence-corrected chi connectivity index (χ0v) is 18.2. The van der Waals surface area contributed by atoms with Crippen LogP contribution in [0.2, 0.25) is 0 Å². The van der Waals surface area contributed by atoms with E-state index in [0.717, 1.165) is 0 Å². The SMILES string of the molecule is COc1ccc([C@H]2CC(=O)Oc3ccc4c(c32)O/C(=C\c2ccco2)C4=O)c(OC)c1OC. The Bertz CT molecular complexity index is 1290. The lowest BCUT2D eigenvalue weighted by molar-refractivity contribution is -0.135. The second kappa shape index (κ2) is 8.05. The Balaban J connectivity index is 1.68. The first-order chi connectivity index (χ1) is 16.0. The normalized spacial score (nSPS) is 17.8. The molecule has 0 saturated heterocycles. The van der Waals surface area contributed by atoms with E-state index in [2.05, 4.69) is 0 Å². The standard InChI is InChI=1S/C25H20O8/c1-28-18-9-6-14(24(29-2)25(18)30-3)16-12-20(26)32-17-8-7-15-22(27)19(33-23(15)21(16)17)11-13-5-4-10-31-13/h4-11,16H,12H2,1-3H3/b19-11-/t16-/m1/s1. The number of carbonyl (C=O) groups is 2. The Kier molecular flexibility index (Phi) is 5.05. The van der Waals surface area contributed by atoms with Crippen LogP contribution in [-0.2, 0) is 4.79 Å². The number of esters is 1. The maximum Gasteiger partial charge on any atom is 0.312 e. The fraction of sp³-hybridized carbons (Fsp3) is 0.200. The minimum absolute atomic E-state index is 0.0318. The second-order valence-corrected chi connectivity index (χ2v) is 7.46. The Morgan fingerprint density at radius 2 is 1.76 bits per heavy atom. The number of Topliss-reactive ketones (excluding diaryl/α,β-unsaturated/α-hetero) is 1. The molecule has 168 valence electrons. The van der Waals surface area contributed by atoms with Crippen LogP contribution in [0.5, 0.6) is 28.7 Å². The molecule has 8 nitrogen and oxygen atoms in total. The summed E-state index contributed by atoms with van der Waals surface area (Å²) in [5.74, 6) is 1.44. The van der Waals surface area contributed by atoms with Gasteiger partial charge in [0.2, 0.25) is 11.5 Å². The van der Waals surface area contributed by atoms with Crippen molar-refractivity contribution in [2.75, 3.05) is 21.3 Å². The topological polar surface area (TPSA) is 93.4 Å². The molecular formula is C25H20O8. The summed E-state index contributed by atoms with van der Waals surface area (Å²) in [6, 6.07) is 10.2. The highest BCUT2D eigenvalue weighted by Crippen LogP contribution is 2.52. The van der Waals surface area contributed by atoms with Crippen molar-refractivity contribution in [3.8, 4) is 28.7 Å². The molecule has 2 aliphatic rings. The zero-order valence-electron chi connectivity index (χ0n) is 18.2. The van der Waals surface area contributed by atoms with Crippen LogP contribution in [0.15, 0.2) is 52.8 Å². The van der Waals surface area contributed by atoms with E-state index in [9.17, 15) is 9.59 Å². The van der Waals surface area contributed by atoms with Crippen molar-refractivity contribution in [3.05, 3.63) is 70.9 Å². The van der Waals surface area contributed by atoms with Crippen molar-refractivity contribution in [3.63, 3.8) is 0 Å². The summed E-state index contributed by atoms with van der Waals surface area (Å²) in [6.07, 6.45) is 3.08. The van der Waals surface area contributed by atoms with Gasteiger partial charge in [-0.2, -0.15) is 0 Å². The quantitative estimate of drug-likeness (QED) is 0.323. The number of benzene rings is 2. The van der Waals surface area contributed by atoms with Gasteiger partial charge >= 0.3 is 5.97 Å². The number of allylic oxidation sites excluding steroid dienone is 1. The van der Waals surface area contributed by atoms with Gasteiger partial charge in [-0.1, -0.05) is 6.07 Å². The lowest BCUT2D eigenvalue weighted by atomic mass is 9.84. The first-order valence-corrected chi connectivity index (χ1v) is 10.2. The van der Waals surface area contributed by atoms with E-state index in [1.165, 1.54) is 33.7 Å². The number of fused-ring (bicyclic) bond motifs is 3. The smallest absolute Gasteiger partial charge is 0.312 e. The molecule has 5 rings (SSSR count). The molecule has 0 radical (unpaired) electrons. The minimum Gasteiger partial charge on any atom is -0.493 e. The van der Waals surface area contributed by atoms with Crippen LogP contribution in [0.25, 0.3) is 6.08 Å². The van der Waals surface area contributed by atoms with E-state index in [1.807, 2.05) is 6.07 Å². The van der Waals surface area contributed by atoms with Gasteiger partial charge in [0.1, 0.15) is 17.3 Å². The van der Waals surface area contributed by atoms with Crippen LogP contribution in [0, 0.1) is 0 Å². The van der Waals surface area contributed by atoms with Crippen molar-refractivity contribution in [1.29, 1.82) is 0 Å². The monoisotopic (exact) mass is 448 g/mol. The highest BCUT2D eigenvalue weighted by atomic mass is 16.5. The van der Waals surface area contributed by atoms with Crippen LogP contribution in [0.4, 0.5) is 0 Å². The minimum atomic E-state index is -0.498. The number of rotatable bonds is 5. The number of hydrogen-bond acceptors (Lipinski definition) is 8. The Morgan fingerprint density at radius 1 is 0.939 bits per heavy atom. The molecule has 0 saturated carbocycles. The molecule has 0 bridgehead atoms. The molecule has 3 heterocycles. The Morgan fingerprint density at radius 3 is 2.45 bits per heavy atom. The lowest BCUT2D eigenvalue weighted by Crippen LogP contribution is -2.22. The third-order valence-corrected chi connectivity index (χ3v) is 5.71.